The van der Waals surface area contributed by atoms with Crippen LogP contribution in [0.5, 0.6) is 0 Å². The predicted octanol–water partition coefficient (Wildman–Crippen LogP) is 7.25. The highest BCUT2D eigenvalue weighted by atomic mass is 31.2. The fourth-order valence-electron chi connectivity index (χ4n) is 4.12. The van der Waals surface area contributed by atoms with Gasteiger partial charge in [0.1, 0.15) is 0 Å². The van der Waals surface area contributed by atoms with E-state index in [1.165, 1.54) is 83.5 Å². The summed E-state index contributed by atoms with van der Waals surface area (Å²) in [6.07, 6.45) is 21.3. The minimum Gasteiger partial charge on any atom is -0.756 e. The summed E-state index contributed by atoms with van der Waals surface area (Å²) in [7, 11) is 1.94. The highest BCUT2D eigenvalue weighted by Gasteiger charge is 2.16. The smallest absolute Gasteiger partial charge is 0.267 e. The largest absolute Gasteiger partial charge is 0.756 e. The van der Waals surface area contributed by atoms with Gasteiger partial charge in [-0.15, -0.1) is 0 Å². The summed E-state index contributed by atoms with van der Waals surface area (Å²) in [5, 5.41) is 0. The van der Waals surface area contributed by atoms with Crippen LogP contribution in [0, 0.1) is 0 Å². The van der Waals surface area contributed by atoms with Crippen molar-refractivity contribution in [1.29, 1.82) is 0 Å². The Morgan fingerprint density at radius 2 is 1.18 bits per heavy atom. The van der Waals surface area contributed by atoms with Crippen LogP contribution in [-0.2, 0) is 18.3 Å². The second-order valence-corrected chi connectivity index (χ2v) is 12.2. The first-order chi connectivity index (χ1) is 16.2. The van der Waals surface area contributed by atoms with Gasteiger partial charge in [0.2, 0.25) is 0 Å². The van der Waals surface area contributed by atoms with E-state index in [2.05, 4.69) is 28.1 Å². The standard InChI is InChI=1S/C27H58NO5P/c1-6-8-9-10-11-12-13-14-15-16-17-18-19-20-21-23-27(31-7-2)26-33-34(29,30)32-25-22-24-28(3,4)5/h27H,6-26H2,1-5H3. The second-order valence-electron chi connectivity index (χ2n) is 10.8. The summed E-state index contributed by atoms with van der Waals surface area (Å²) < 4.78 is 28.6. The van der Waals surface area contributed by atoms with E-state index >= 15 is 0 Å². The molecule has 0 aromatic carbocycles. The van der Waals surface area contributed by atoms with Crippen molar-refractivity contribution in [3.05, 3.63) is 0 Å². The molecule has 0 saturated heterocycles. The maximum absolute atomic E-state index is 12.0. The van der Waals surface area contributed by atoms with E-state index < -0.39 is 7.82 Å². The third-order valence-electron chi connectivity index (χ3n) is 6.17. The molecule has 7 heteroatoms. The molecule has 206 valence electrons. The number of hydrogen-bond acceptors (Lipinski definition) is 5. The Bertz CT molecular complexity index is 484. The van der Waals surface area contributed by atoms with Gasteiger partial charge < -0.3 is 23.2 Å². The number of phosphoric ester groups is 1. The van der Waals surface area contributed by atoms with Crippen molar-refractivity contribution in [3.63, 3.8) is 0 Å². The molecule has 0 aromatic heterocycles. The first kappa shape index (κ1) is 34.0. The summed E-state index contributed by atoms with van der Waals surface area (Å²) in [5.74, 6) is 0. The zero-order valence-corrected chi connectivity index (χ0v) is 24.3. The van der Waals surface area contributed by atoms with E-state index in [-0.39, 0.29) is 19.3 Å². The monoisotopic (exact) mass is 507 g/mol. The number of hydrogen-bond donors (Lipinski definition) is 0. The number of phosphoric acid groups is 1. The Morgan fingerprint density at radius 1 is 0.706 bits per heavy atom. The van der Waals surface area contributed by atoms with Gasteiger partial charge in [-0.2, -0.15) is 0 Å². The molecule has 0 aliphatic rings. The average Bonchev–Trinajstić information content (AvgIpc) is 2.77. The summed E-state index contributed by atoms with van der Waals surface area (Å²) in [4.78, 5) is 12.0. The van der Waals surface area contributed by atoms with Crippen LogP contribution in [-0.4, -0.2) is 58.1 Å². The van der Waals surface area contributed by atoms with E-state index in [1.807, 2.05) is 6.92 Å². The normalized spacial score (nSPS) is 14.9. The fourth-order valence-corrected chi connectivity index (χ4v) is 4.90. The number of quaternary nitrogens is 1. The molecule has 0 rings (SSSR count). The predicted molar refractivity (Wildman–Crippen MR) is 142 cm³/mol. The minimum absolute atomic E-state index is 0.0442. The molecule has 0 saturated carbocycles. The molecule has 0 bridgehead atoms. The van der Waals surface area contributed by atoms with Gasteiger partial charge >= 0.3 is 0 Å². The molecule has 0 N–H and O–H groups in total. The summed E-state index contributed by atoms with van der Waals surface area (Å²) >= 11 is 0. The van der Waals surface area contributed by atoms with Crippen LogP contribution in [0.1, 0.15) is 123 Å². The van der Waals surface area contributed by atoms with Crippen molar-refractivity contribution in [2.24, 2.45) is 0 Å². The summed E-state index contributed by atoms with van der Waals surface area (Å²) in [6.45, 7) is 5.81. The van der Waals surface area contributed by atoms with Gasteiger partial charge in [0, 0.05) is 13.0 Å². The maximum Gasteiger partial charge on any atom is 0.267 e. The Kier molecular flexibility index (Phi) is 22.3. The third-order valence-corrected chi connectivity index (χ3v) is 7.14. The summed E-state index contributed by atoms with van der Waals surface area (Å²) in [5.41, 5.74) is 0. The van der Waals surface area contributed by atoms with Crippen molar-refractivity contribution in [2.45, 2.75) is 129 Å². The van der Waals surface area contributed by atoms with Gasteiger partial charge in [0.05, 0.1) is 47.0 Å². The molecule has 0 radical (unpaired) electrons. The van der Waals surface area contributed by atoms with Crippen LogP contribution in [0.2, 0.25) is 0 Å². The Morgan fingerprint density at radius 3 is 1.62 bits per heavy atom. The molecule has 0 heterocycles. The lowest BCUT2D eigenvalue weighted by molar-refractivity contribution is -0.870. The quantitative estimate of drug-likeness (QED) is 0.0700. The molecule has 0 amide bonds. The number of rotatable bonds is 26. The molecule has 2 unspecified atom stereocenters. The molecule has 0 spiro atoms. The van der Waals surface area contributed by atoms with E-state index in [4.69, 9.17) is 13.8 Å². The van der Waals surface area contributed by atoms with Crippen LogP contribution >= 0.6 is 7.82 Å². The molecular weight excluding hydrogens is 449 g/mol. The fraction of sp³-hybridized carbons (Fsp3) is 1.00. The SMILES string of the molecule is CCCCCCCCCCCCCCCCCC(COP(=O)([O-])OCCC[N+](C)(C)C)OCC. The van der Waals surface area contributed by atoms with Gasteiger partial charge in [0.15, 0.2) is 0 Å². The average molecular weight is 508 g/mol. The first-order valence-corrected chi connectivity index (χ1v) is 15.7. The summed E-state index contributed by atoms with van der Waals surface area (Å²) in [6, 6.07) is 0. The van der Waals surface area contributed by atoms with Crippen LogP contribution < -0.4 is 4.89 Å². The maximum atomic E-state index is 12.0. The topological polar surface area (TPSA) is 67.8 Å². The highest BCUT2D eigenvalue weighted by Crippen LogP contribution is 2.38. The van der Waals surface area contributed by atoms with Gasteiger partial charge in [0.25, 0.3) is 7.82 Å². The molecule has 2 atom stereocenters. The Labute approximate surface area is 212 Å². The highest BCUT2D eigenvalue weighted by molar-refractivity contribution is 7.45. The number of unbranched alkanes of at least 4 members (excludes halogenated alkanes) is 14. The van der Waals surface area contributed by atoms with E-state index in [0.717, 1.165) is 30.3 Å². The second kappa shape index (κ2) is 22.2. The third kappa shape index (κ3) is 25.1. The molecule has 0 aliphatic carbocycles. The molecule has 0 aliphatic heterocycles. The van der Waals surface area contributed by atoms with Crippen molar-refractivity contribution in [2.75, 3.05) is 47.5 Å². The molecule has 6 nitrogen and oxygen atoms in total. The van der Waals surface area contributed by atoms with Gasteiger partial charge in [-0.25, -0.2) is 0 Å². The van der Waals surface area contributed by atoms with E-state index in [0.29, 0.717) is 13.0 Å². The molecular formula is C27H58NO5P. The lowest BCUT2D eigenvalue weighted by atomic mass is 10.0. The van der Waals surface area contributed by atoms with E-state index in [9.17, 15) is 9.46 Å². The first-order valence-electron chi connectivity index (χ1n) is 14.2. The van der Waals surface area contributed by atoms with Gasteiger partial charge in [-0.1, -0.05) is 103 Å². The Balaban J connectivity index is 3.69. The molecule has 0 fully saturated rings. The van der Waals surface area contributed by atoms with Crippen LogP contribution in [0.15, 0.2) is 0 Å². The van der Waals surface area contributed by atoms with Gasteiger partial charge in [-0.05, 0) is 13.3 Å². The molecule has 0 aromatic rings. The van der Waals surface area contributed by atoms with Crippen molar-refractivity contribution < 1.29 is 27.7 Å². The van der Waals surface area contributed by atoms with Crippen molar-refractivity contribution >= 4 is 7.82 Å². The zero-order valence-electron chi connectivity index (χ0n) is 23.4. The van der Waals surface area contributed by atoms with Crippen molar-refractivity contribution in [1.82, 2.24) is 0 Å². The van der Waals surface area contributed by atoms with Crippen molar-refractivity contribution in [3.8, 4) is 0 Å². The van der Waals surface area contributed by atoms with Crippen LogP contribution in [0.3, 0.4) is 0 Å². The molecule has 34 heavy (non-hydrogen) atoms. The Hall–Kier alpha value is 0.0300. The van der Waals surface area contributed by atoms with Crippen LogP contribution in [0.4, 0.5) is 0 Å². The van der Waals surface area contributed by atoms with Gasteiger partial charge in [-0.3, -0.25) is 4.57 Å². The lowest BCUT2D eigenvalue weighted by Gasteiger charge is -2.27. The number of nitrogens with zero attached hydrogens (tertiary/aromatic N) is 1. The minimum atomic E-state index is -4.26. The number of ether oxygens (including phenoxy) is 1. The zero-order chi connectivity index (χ0) is 25.5. The lowest BCUT2D eigenvalue weighted by Crippen LogP contribution is -2.35. The van der Waals surface area contributed by atoms with Crippen LogP contribution in [0.25, 0.3) is 0 Å². The van der Waals surface area contributed by atoms with E-state index in [1.54, 1.807) is 0 Å².